The molecule has 0 aliphatic heterocycles. The van der Waals surface area contributed by atoms with Crippen LogP contribution < -0.4 is 0 Å². The molecular formula is C8H10O2. The standard InChI is InChI=1S/C8H10O2/c1-3-8(5-6-8)7(9)10-4-2/h1H,4-6H2,2H3. The van der Waals surface area contributed by atoms with Crippen LogP contribution in [0.3, 0.4) is 0 Å². The molecule has 1 aliphatic carbocycles. The fraction of sp³-hybridized carbons (Fsp3) is 0.625. The minimum atomic E-state index is -0.532. The van der Waals surface area contributed by atoms with Crippen LogP contribution in [0.25, 0.3) is 0 Å². The third-order valence-corrected chi connectivity index (χ3v) is 1.69. The Bertz CT molecular complexity index is 184. The van der Waals surface area contributed by atoms with Gasteiger partial charge in [0.15, 0.2) is 0 Å². The Balaban J connectivity index is 2.50. The van der Waals surface area contributed by atoms with Crippen molar-refractivity contribution in [2.24, 2.45) is 5.41 Å². The molecule has 0 aromatic heterocycles. The number of carbonyl (C=O) groups is 1. The number of carbonyl (C=O) groups excluding carboxylic acids is 1. The fourth-order valence-electron chi connectivity index (χ4n) is 0.802. The van der Waals surface area contributed by atoms with Crippen LogP contribution in [-0.2, 0) is 9.53 Å². The predicted molar refractivity (Wildman–Crippen MR) is 37.1 cm³/mol. The van der Waals surface area contributed by atoms with E-state index in [1.807, 2.05) is 0 Å². The van der Waals surface area contributed by atoms with E-state index in [-0.39, 0.29) is 5.97 Å². The summed E-state index contributed by atoms with van der Waals surface area (Å²) in [7, 11) is 0. The molecule has 0 N–H and O–H groups in total. The molecule has 2 nitrogen and oxygen atoms in total. The zero-order valence-electron chi connectivity index (χ0n) is 6.02. The topological polar surface area (TPSA) is 26.3 Å². The first kappa shape index (κ1) is 7.14. The second-order valence-electron chi connectivity index (χ2n) is 2.45. The van der Waals surface area contributed by atoms with Gasteiger partial charge in [0, 0.05) is 0 Å². The largest absolute Gasteiger partial charge is 0.465 e. The lowest BCUT2D eigenvalue weighted by Gasteiger charge is -2.04. The van der Waals surface area contributed by atoms with Gasteiger partial charge in [0.1, 0.15) is 5.41 Å². The van der Waals surface area contributed by atoms with Crippen LogP contribution in [-0.4, -0.2) is 12.6 Å². The van der Waals surface area contributed by atoms with E-state index in [2.05, 4.69) is 5.92 Å². The van der Waals surface area contributed by atoms with Gasteiger partial charge in [-0.05, 0) is 19.8 Å². The third-order valence-electron chi connectivity index (χ3n) is 1.69. The molecule has 0 spiro atoms. The zero-order valence-corrected chi connectivity index (χ0v) is 6.02. The van der Waals surface area contributed by atoms with Crippen LogP contribution in [0.1, 0.15) is 19.8 Å². The third kappa shape index (κ3) is 0.995. The van der Waals surface area contributed by atoms with Gasteiger partial charge >= 0.3 is 5.97 Å². The summed E-state index contributed by atoms with van der Waals surface area (Å²) in [5.41, 5.74) is -0.532. The second kappa shape index (κ2) is 2.34. The summed E-state index contributed by atoms with van der Waals surface area (Å²) in [6.45, 7) is 2.20. The van der Waals surface area contributed by atoms with Crippen molar-refractivity contribution in [3.63, 3.8) is 0 Å². The van der Waals surface area contributed by atoms with Gasteiger partial charge in [-0.25, -0.2) is 0 Å². The van der Waals surface area contributed by atoms with Crippen LogP contribution >= 0.6 is 0 Å². The van der Waals surface area contributed by atoms with Gasteiger partial charge in [0.25, 0.3) is 0 Å². The Morgan fingerprint density at radius 2 is 2.40 bits per heavy atom. The van der Waals surface area contributed by atoms with E-state index >= 15 is 0 Å². The average Bonchev–Trinajstić information content (AvgIpc) is 2.68. The van der Waals surface area contributed by atoms with Gasteiger partial charge in [-0.3, -0.25) is 4.79 Å². The maximum atomic E-state index is 11.0. The van der Waals surface area contributed by atoms with Gasteiger partial charge < -0.3 is 4.74 Å². The van der Waals surface area contributed by atoms with Crippen molar-refractivity contribution in [3.8, 4) is 12.3 Å². The van der Waals surface area contributed by atoms with E-state index in [1.54, 1.807) is 6.92 Å². The van der Waals surface area contributed by atoms with Crippen LogP contribution in [0, 0.1) is 17.8 Å². The smallest absolute Gasteiger partial charge is 0.324 e. The number of esters is 1. The molecule has 0 saturated heterocycles. The Labute approximate surface area is 60.6 Å². The molecule has 1 fully saturated rings. The summed E-state index contributed by atoms with van der Waals surface area (Å²) < 4.78 is 4.78. The van der Waals surface area contributed by atoms with Gasteiger partial charge in [0.05, 0.1) is 6.61 Å². The lowest BCUT2D eigenvalue weighted by Crippen LogP contribution is -2.16. The highest BCUT2D eigenvalue weighted by Gasteiger charge is 2.49. The van der Waals surface area contributed by atoms with Crippen molar-refractivity contribution in [1.29, 1.82) is 0 Å². The molecular weight excluding hydrogens is 128 g/mol. The van der Waals surface area contributed by atoms with E-state index in [0.717, 1.165) is 12.8 Å². The van der Waals surface area contributed by atoms with E-state index in [4.69, 9.17) is 11.2 Å². The molecule has 0 aromatic carbocycles. The Kier molecular flexibility index (Phi) is 1.67. The molecule has 0 aromatic rings. The summed E-state index contributed by atoms with van der Waals surface area (Å²) in [6.07, 6.45) is 6.74. The first-order valence-corrected chi connectivity index (χ1v) is 3.40. The monoisotopic (exact) mass is 138 g/mol. The molecule has 1 saturated carbocycles. The van der Waals surface area contributed by atoms with Crippen molar-refractivity contribution in [1.82, 2.24) is 0 Å². The number of rotatable bonds is 2. The summed E-state index contributed by atoms with van der Waals surface area (Å²) in [4.78, 5) is 11.0. The molecule has 0 radical (unpaired) electrons. The number of ether oxygens (including phenoxy) is 1. The second-order valence-corrected chi connectivity index (χ2v) is 2.45. The normalized spacial score (nSPS) is 19.2. The summed E-state index contributed by atoms with van der Waals surface area (Å²) in [5.74, 6) is 2.24. The first-order valence-electron chi connectivity index (χ1n) is 3.40. The highest BCUT2D eigenvalue weighted by Crippen LogP contribution is 2.45. The van der Waals surface area contributed by atoms with E-state index in [0.29, 0.717) is 6.61 Å². The minimum absolute atomic E-state index is 0.225. The van der Waals surface area contributed by atoms with Crippen LogP contribution in [0.5, 0.6) is 0 Å². The Morgan fingerprint density at radius 3 is 2.70 bits per heavy atom. The summed E-state index contributed by atoms with van der Waals surface area (Å²) in [5, 5.41) is 0. The van der Waals surface area contributed by atoms with Crippen LogP contribution in [0.2, 0.25) is 0 Å². The average molecular weight is 138 g/mol. The van der Waals surface area contributed by atoms with E-state index in [9.17, 15) is 4.79 Å². The van der Waals surface area contributed by atoms with E-state index < -0.39 is 5.41 Å². The van der Waals surface area contributed by atoms with Crippen LogP contribution in [0.15, 0.2) is 0 Å². The lowest BCUT2D eigenvalue weighted by molar-refractivity contribution is -0.147. The molecule has 54 valence electrons. The first-order chi connectivity index (χ1) is 4.75. The van der Waals surface area contributed by atoms with E-state index in [1.165, 1.54) is 0 Å². The molecule has 0 bridgehead atoms. The van der Waals surface area contributed by atoms with Crippen molar-refractivity contribution in [3.05, 3.63) is 0 Å². The number of terminal acetylenes is 1. The summed E-state index contributed by atoms with van der Waals surface area (Å²) in [6, 6.07) is 0. The molecule has 2 heteroatoms. The zero-order chi connectivity index (χ0) is 7.61. The van der Waals surface area contributed by atoms with Crippen molar-refractivity contribution in [2.75, 3.05) is 6.61 Å². The Hall–Kier alpha value is -0.970. The highest BCUT2D eigenvalue weighted by molar-refractivity contribution is 5.83. The molecule has 0 amide bonds. The van der Waals surface area contributed by atoms with Gasteiger partial charge in [-0.15, -0.1) is 6.42 Å². The number of hydrogen-bond acceptors (Lipinski definition) is 2. The SMILES string of the molecule is C#CC1(C(=O)OCC)CC1. The summed E-state index contributed by atoms with van der Waals surface area (Å²) >= 11 is 0. The molecule has 1 aliphatic rings. The van der Waals surface area contributed by atoms with Crippen molar-refractivity contribution in [2.45, 2.75) is 19.8 Å². The maximum absolute atomic E-state index is 11.0. The Morgan fingerprint density at radius 1 is 1.80 bits per heavy atom. The van der Waals surface area contributed by atoms with Crippen LogP contribution in [0.4, 0.5) is 0 Å². The molecule has 0 heterocycles. The van der Waals surface area contributed by atoms with Gasteiger partial charge in [-0.1, -0.05) is 5.92 Å². The van der Waals surface area contributed by atoms with Gasteiger partial charge in [0.2, 0.25) is 0 Å². The van der Waals surface area contributed by atoms with Crippen molar-refractivity contribution >= 4 is 5.97 Å². The molecule has 1 rings (SSSR count). The molecule has 10 heavy (non-hydrogen) atoms. The molecule has 0 unspecified atom stereocenters. The maximum Gasteiger partial charge on any atom is 0.324 e. The highest BCUT2D eigenvalue weighted by atomic mass is 16.5. The molecule has 0 atom stereocenters. The van der Waals surface area contributed by atoms with Gasteiger partial charge in [-0.2, -0.15) is 0 Å². The minimum Gasteiger partial charge on any atom is -0.465 e. The lowest BCUT2D eigenvalue weighted by atomic mass is 10.1. The number of hydrogen-bond donors (Lipinski definition) is 0. The quantitative estimate of drug-likeness (QED) is 0.419. The predicted octanol–water partition coefficient (Wildman–Crippen LogP) is 0.963. The van der Waals surface area contributed by atoms with Crippen molar-refractivity contribution < 1.29 is 9.53 Å². The fourth-order valence-corrected chi connectivity index (χ4v) is 0.802.